The van der Waals surface area contributed by atoms with Gasteiger partial charge in [-0.3, -0.25) is 0 Å². The number of hydrogen-bond acceptors (Lipinski definition) is 7. The van der Waals surface area contributed by atoms with Crippen molar-refractivity contribution in [1.82, 2.24) is 14.5 Å². The summed E-state index contributed by atoms with van der Waals surface area (Å²) in [6.07, 6.45) is 0. The monoisotopic (exact) mass is 497 g/mol. The Morgan fingerprint density at radius 3 is 2.30 bits per heavy atom. The third-order valence-corrected chi connectivity index (χ3v) is 7.52. The van der Waals surface area contributed by atoms with Crippen molar-refractivity contribution in [3.63, 3.8) is 0 Å². The lowest BCUT2D eigenvalue weighted by atomic mass is 10.3. The van der Waals surface area contributed by atoms with Gasteiger partial charge in [-0.2, -0.15) is 4.31 Å². The molecule has 2 heterocycles. The first-order valence-corrected chi connectivity index (χ1v) is 12.4. The Morgan fingerprint density at radius 1 is 1.03 bits per heavy atom. The van der Waals surface area contributed by atoms with E-state index in [2.05, 4.69) is 49.8 Å². The van der Waals surface area contributed by atoms with E-state index in [-0.39, 0.29) is 4.90 Å². The predicted octanol–water partition coefficient (Wildman–Crippen LogP) is 2.99. The summed E-state index contributed by atoms with van der Waals surface area (Å²) in [6.45, 7) is 10.0. The molecule has 1 aliphatic rings. The molecule has 164 valence electrons. The van der Waals surface area contributed by atoms with Crippen LogP contribution in [0.1, 0.15) is 20.8 Å². The van der Waals surface area contributed by atoms with Gasteiger partial charge >= 0.3 is 0 Å². The van der Waals surface area contributed by atoms with E-state index in [1.54, 1.807) is 18.2 Å². The van der Waals surface area contributed by atoms with E-state index >= 15 is 0 Å². The molecule has 0 spiro atoms. The zero-order valence-electron chi connectivity index (χ0n) is 17.6. The summed E-state index contributed by atoms with van der Waals surface area (Å²) in [5.41, 5.74) is 0. The van der Waals surface area contributed by atoms with Crippen molar-refractivity contribution in [2.45, 2.75) is 25.7 Å². The van der Waals surface area contributed by atoms with Gasteiger partial charge in [0.05, 0.1) is 6.61 Å². The minimum absolute atomic E-state index is 0.190. The Kier molecular flexibility index (Phi) is 7.54. The Morgan fingerprint density at radius 2 is 1.73 bits per heavy atom. The highest BCUT2D eigenvalue weighted by atomic mass is 79.9. The van der Waals surface area contributed by atoms with Crippen LogP contribution in [0.5, 0.6) is 5.75 Å². The fourth-order valence-corrected chi connectivity index (χ4v) is 5.55. The van der Waals surface area contributed by atoms with Gasteiger partial charge in [-0.15, -0.1) is 10.2 Å². The number of ether oxygens (including phenoxy) is 1. The second-order valence-corrected chi connectivity index (χ2v) is 9.66. The molecule has 2 aromatic rings. The van der Waals surface area contributed by atoms with E-state index in [9.17, 15) is 8.42 Å². The van der Waals surface area contributed by atoms with Gasteiger partial charge in [0.15, 0.2) is 11.6 Å². The molecule has 1 fully saturated rings. The topological polar surface area (TPSA) is 78.9 Å². The SMILES string of the molecule is CCOc1ccc(Br)cc1S(=O)(=O)N1CCN(c2ccc(N(CC)CC)nn2)CC1. The molecule has 0 saturated carbocycles. The molecule has 1 aliphatic heterocycles. The number of piperazine rings is 1. The molecule has 0 radical (unpaired) electrons. The highest BCUT2D eigenvalue weighted by Gasteiger charge is 2.31. The maximum Gasteiger partial charge on any atom is 0.246 e. The van der Waals surface area contributed by atoms with Gasteiger partial charge in [0.1, 0.15) is 10.6 Å². The molecule has 3 rings (SSSR count). The van der Waals surface area contributed by atoms with Crippen LogP contribution in [0.3, 0.4) is 0 Å². The molecule has 0 aliphatic carbocycles. The van der Waals surface area contributed by atoms with E-state index in [4.69, 9.17) is 4.74 Å². The molecule has 30 heavy (non-hydrogen) atoms. The quantitative estimate of drug-likeness (QED) is 0.554. The number of sulfonamides is 1. The van der Waals surface area contributed by atoms with Crippen molar-refractivity contribution in [1.29, 1.82) is 0 Å². The fourth-order valence-electron chi connectivity index (χ4n) is 3.46. The molecule has 8 nitrogen and oxygen atoms in total. The summed E-state index contributed by atoms with van der Waals surface area (Å²) in [7, 11) is -3.66. The van der Waals surface area contributed by atoms with E-state index < -0.39 is 10.0 Å². The lowest BCUT2D eigenvalue weighted by Crippen LogP contribution is -2.49. The molecule has 0 N–H and O–H groups in total. The van der Waals surface area contributed by atoms with Crippen LogP contribution in [0, 0.1) is 0 Å². The van der Waals surface area contributed by atoms with Crippen molar-refractivity contribution in [3.05, 3.63) is 34.8 Å². The van der Waals surface area contributed by atoms with Crippen molar-refractivity contribution in [3.8, 4) is 5.75 Å². The summed E-state index contributed by atoms with van der Waals surface area (Å²) >= 11 is 3.36. The molecule has 0 atom stereocenters. The lowest BCUT2D eigenvalue weighted by Gasteiger charge is -2.34. The Balaban J connectivity index is 1.71. The van der Waals surface area contributed by atoms with Crippen molar-refractivity contribution in [2.24, 2.45) is 0 Å². The summed E-state index contributed by atoms with van der Waals surface area (Å²) in [4.78, 5) is 4.39. The number of halogens is 1. The highest BCUT2D eigenvalue weighted by molar-refractivity contribution is 9.10. The first-order chi connectivity index (χ1) is 14.4. The first kappa shape index (κ1) is 22.8. The fraction of sp³-hybridized carbons (Fsp3) is 0.500. The smallest absolute Gasteiger partial charge is 0.246 e. The first-order valence-electron chi connectivity index (χ1n) is 10.2. The normalized spacial score (nSPS) is 15.3. The van der Waals surface area contributed by atoms with Crippen LogP contribution in [0.4, 0.5) is 11.6 Å². The van der Waals surface area contributed by atoms with E-state index in [1.807, 2.05) is 19.1 Å². The summed E-state index contributed by atoms with van der Waals surface area (Å²) in [5.74, 6) is 1.99. The number of benzene rings is 1. The largest absolute Gasteiger partial charge is 0.492 e. The van der Waals surface area contributed by atoms with Gasteiger partial charge in [0.2, 0.25) is 10.0 Å². The second-order valence-electron chi connectivity index (χ2n) is 6.84. The standard InChI is InChI=1S/C20H28BrN5O3S/c1-4-24(5-2)19-9-10-20(23-22-19)25-11-13-26(14-12-25)30(27,28)18-15-16(21)7-8-17(18)29-6-3/h7-10,15H,4-6,11-14H2,1-3H3. The van der Waals surface area contributed by atoms with Gasteiger partial charge in [-0.05, 0) is 51.1 Å². The number of anilines is 2. The average molecular weight is 498 g/mol. The Bertz CT molecular complexity index is 943. The third-order valence-electron chi connectivity index (χ3n) is 5.11. The summed E-state index contributed by atoms with van der Waals surface area (Å²) < 4.78 is 34.2. The molecule has 1 aromatic heterocycles. The van der Waals surface area contributed by atoms with Crippen molar-refractivity contribution >= 4 is 37.6 Å². The number of nitrogens with zero attached hydrogens (tertiary/aromatic N) is 5. The average Bonchev–Trinajstić information content (AvgIpc) is 2.76. The minimum atomic E-state index is -3.66. The van der Waals surface area contributed by atoms with Gasteiger partial charge in [0, 0.05) is 43.7 Å². The van der Waals surface area contributed by atoms with Crippen LogP contribution in [0.2, 0.25) is 0 Å². The molecule has 1 saturated heterocycles. The van der Waals surface area contributed by atoms with Gasteiger partial charge in [0.25, 0.3) is 0 Å². The van der Waals surface area contributed by atoms with Crippen molar-refractivity contribution < 1.29 is 13.2 Å². The number of aromatic nitrogens is 2. The van der Waals surface area contributed by atoms with Crippen molar-refractivity contribution in [2.75, 3.05) is 55.7 Å². The van der Waals surface area contributed by atoms with E-state index in [0.717, 1.165) is 24.7 Å². The predicted molar refractivity (Wildman–Crippen MR) is 122 cm³/mol. The molecular formula is C20H28BrN5O3S. The highest BCUT2D eigenvalue weighted by Crippen LogP contribution is 2.31. The number of hydrogen-bond donors (Lipinski definition) is 0. The summed E-state index contributed by atoms with van der Waals surface area (Å²) in [5, 5.41) is 8.69. The van der Waals surface area contributed by atoms with E-state index in [1.165, 1.54) is 4.31 Å². The van der Waals surface area contributed by atoms with Crippen LogP contribution in [0.25, 0.3) is 0 Å². The zero-order valence-corrected chi connectivity index (χ0v) is 20.0. The summed E-state index contributed by atoms with van der Waals surface area (Å²) in [6, 6.07) is 8.98. The Labute approximate surface area is 187 Å². The molecule has 0 unspecified atom stereocenters. The molecular weight excluding hydrogens is 470 g/mol. The van der Waals surface area contributed by atoms with Gasteiger partial charge in [-0.1, -0.05) is 15.9 Å². The van der Waals surface area contributed by atoms with E-state index in [0.29, 0.717) is 43.0 Å². The van der Waals surface area contributed by atoms with Crippen LogP contribution in [-0.2, 0) is 10.0 Å². The molecule has 0 amide bonds. The Hall–Kier alpha value is -1.91. The molecule has 0 bridgehead atoms. The van der Waals surface area contributed by atoms with Crippen LogP contribution < -0.4 is 14.5 Å². The maximum absolute atomic E-state index is 13.2. The zero-order chi connectivity index (χ0) is 21.7. The third kappa shape index (κ3) is 4.87. The van der Waals surface area contributed by atoms with Crippen LogP contribution in [-0.4, -0.2) is 68.8 Å². The second kappa shape index (κ2) is 9.93. The van der Waals surface area contributed by atoms with Gasteiger partial charge < -0.3 is 14.5 Å². The molecule has 1 aromatic carbocycles. The van der Waals surface area contributed by atoms with Gasteiger partial charge in [-0.25, -0.2) is 8.42 Å². The minimum Gasteiger partial charge on any atom is -0.492 e. The molecule has 10 heteroatoms. The van der Waals surface area contributed by atoms with Crippen LogP contribution in [0.15, 0.2) is 39.7 Å². The maximum atomic E-state index is 13.2. The number of rotatable bonds is 8. The lowest BCUT2D eigenvalue weighted by molar-refractivity contribution is 0.327. The van der Waals surface area contributed by atoms with Crippen LogP contribution >= 0.6 is 15.9 Å².